The van der Waals surface area contributed by atoms with E-state index >= 15 is 0 Å². The summed E-state index contributed by atoms with van der Waals surface area (Å²) in [6.07, 6.45) is -2.48. The summed E-state index contributed by atoms with van der Waals surface area (Å²) < 4.78 is 45.0. The van der Waals surface area contributed by atoms with E-state index in [0.717, 1.165) is 16.7 Å². The zero-order valence-corrected chi connectivity index (χ0v) is 21.1. The van der Waals surface area contributed by atoms with Crippen molar-refractivity contribution in [3.8, 4) is 0 Å². The second-order valence-corrected chi connectivity index (χ2v) is 10.7. The molecule has 6 nitrogen and oxygen atoms in total. The highest BCUT2D eigenvalue weighted by molar-refractivity contribution is 7.85. The average Bonchev–Trinajstić information content (AvgIpc) is 2.95. The Balaban J connectivity index is 1.43. The second kappa shape index (κ2) is 12.2. The lowest BCUT2D eigenvalue weighted by molar-refractivity contribution is -0.330. The first-order chi connectivity index (χ1) is 17.7. The van der Waals surface area contributed by atoms with Crippen LogP contribution in [-0.2, 0) is 47.7 Å². The Labute approximate surface area is 214 Å². The molecule has 0 aliphatic carbocycles. The maximum absolute atomic E-state index is 13.1. The summed E-state index contributed by atoms with van der Waals surface area (Å²) in [5.74, 6) is 0.451. The van der Waals surface area contributed by atoms with Crippen LogP contribution in [0.4, 0.5) is 0 Å². The van der Waals surface area contributed by atoms with Gasteiger partial charge in [-0.25, -0.2) is 0 Å². The second-order valence-electron chi connectivity index (χ2n) is 8.91. The topological polar surface area (TPSA) is 63.2 Å². The molecule has 190 valence electrons. The smallest absolute Gasteiger partial charge is 0.184 e. The molecule has 0 bridgehead atoms. The normalized spacial score (nSPS) is 28.8. The zero-order chi connectivity index (χ0) is 24.7. The van der Waals surface area contributed by atoms with E-state index in [2.05, 4.69) is 0 Å². The number of fused-ring (bicyclic) bond motifs is 1. The van der Waals surface area contributed by atoms with E-state index < -0.39 is 46.9 Å². The molecule has 0 radical (unpaired) electrons. The average molecular weight is 509 g/mol. The van der Waals surface area contributed by atoms with E-state index in [1.165, 1.54) is 0 Å². The molecule has 2 saturated heterocycles. The van der Waals surface area contributed by atoms with Crippen LogP contribution in [0.1, 0.15) is 29.9 Å². The molecule has 1 unspecified atom stereocenters. The molecule has 3 aromatic rings. The molecule has 2 heterocycles. The Morgan fingerprint density at radius 2 is 1.33 bits per heavy atom. The molecular formula is C29H32O6S. The van der Waals surface area contributed by atoms with Crippen molar-refractivity contribution in [1.29, 1.82) is 0 Å². The molecule has 0 aromatic heterocycles. The van der Waals surface area contributed by atoms with Crippen molar-refractivity contribution in [3.05, 3.63) is 108 Å². The van der Waals surface area contributed by atoms with Crippen molar-refractivity contribution in [1.82, 2.24) is 0 Å². The first kappa shape index (κ1) is 25.3. The first-order valence-corrected chi connectivity index (χ1v) is 13.8. The minimum absolute atomic E-state index is 0.318. The van der Waals surface area contributed by atoms with Gasteiger partial charge in [0.15, 0.2) is 11.7 Å². The molecule has 36 heavy (non-hydrogen) atoms. The molecule has 7 heteroatoms. The fourth-order valence-electron chi connectivity index (χ4n) is 4.60. The van der Waals surface area contributed by atoms with Crippen molar-refractivity contribution in [2.24, 2.45) is 0 Å². The summed E-state index contributed by atoms with van der Waals surface area (Å²) in [4.78, 5) is 0. The highest BCUT2D eigenvalue weighted by atomic mass is 32.2. The molecular weight excluding hydrogens is 476 g/mol. The molecule has 3 aromatic carbocycles. The lowest BCUT2D eigenvalue weighted by atomic mass is 9.98. The maximum atomic E-state index is 13.1. The van der Waals surface area contributed by atoms with Crippen LogP contribution in [0.2, 0.25) is 0 Å². The molecule has 2 aliphatic heterocycles. The SMILES string of the molecule is CCS(=O)[C@H]1O[C@@H]2CO[C@@H](c3ccccc3)O[C@H]2[C@H](OCc2ccccc2)[C@@H]1OCc1ccccc1. The van der Waals surface area contributed by atoms with E-state index in [1.54, 1.807) is 0 Å². The number of benzene rings is 3. The molecule has 2 fully saturated rings. The summed E-state index contributed by atoms with van der Waals surface area (Å²) in [7, 11) is -1.27. The highest BCUT2D eigenvalue weighted by Gasteiger charge is 2.52. The fourth-order valence-corrected chi connectivity index (χ4v) is 5.73. The van der Waals surface area contributed by atoms with Crippen LogP contribution in [0.25, 0.3) is 0 Å². The Morgan fingerprint density at radius 1 is 0.778 bits per heavy atom. The van der Waals surface area contributed by atoms with Crippen LogP contribution in [0.5, 0.6) is 0 Å². The van der Waals surface area contributed by atoms with E-state index in [9.17, 15) is 4.21 Å². The van der Waals surface area contributed by atoms with E-state index in [0.29, 0.717) is 25.6 Å². The minimum Gasteiger partial charge on any atom is -0.368 e. The van der Waals surface area contributed by atoms with Gasteiger partial charge in [0.05, 0.1) is 30.6 Å². The monoisotopic (exact) mass is 508 g/mol. The molecule has 2 aliphatic rings. The van der Waals surface area contributed by atoms with Gasteiger partial charge < -0.3 is 23.7 Å². The number of rotatable bonds is 9. The van der Waals surface area contributed by atoms with Crippen LogP contribution < -0.4 is 0 Å². The van der Waals surface area contributed by atoms with Crippen molar-refractivity contribution >= 4 is 10.8 Å². The van der Waals surface area contributed by atoms with Gasteiger partial charge in [-0.1, -0.05) is 97.9 Å². The number of hydrogen-bond acceptors (Lipinski definition) is 6. The standard InChI is InChI=1S/C29H32O6S/c1-2-36(30)29-27(32-19-22-14-8-4-9-15-22)26(31-18-21-12-6-3-7-13-21)25-24(34-29)20-33-28(35-25)23-16-10-5-11-17-23/h3-17,24-29H,2,18-20H2,1H3/t24-,25-,26+,27+,28-,29-,36?/m1/s1. The van der Waals surface area contributed by atoms with E-state index in [4.69, 9.17) is 23.7 Å². The first-order valence-electron chi connectivity index (χ1n) is 12.4. The van der Waals surface area contributed by atoms with Gasteiger partial charge in [0.25, 0.3) is 0 Å². The third-order valence-corrected chi connectivity index (χ3v) is 7.94. The van der Waals surface area contributed by atoms with Crippen LogP contribution >= 0.6 is 0 Å². The summed E-state index contributed by atoms with van der Waals surface area (Å²) in [5.41, 5.74) is 2.35. The highest BCUT2D eigenvalue weighted by Crippen LogP contribution is 2.37. The van der Waals surface area contributed by atoms with Crippen LogP contribution in [0.3, 0.4) is 0 Å². The van der Waals surface area contributed by atoms with Crippen LogP contribution in [0, 0.1) is 0 Å². The Bertz CT molecular complexity index is 1100. The van der Waals surface area contributed by atoms with Crippen molar-refractivity contribution in [2.45, 2.75) is 56.3 Å². The Hall–Kier alpha value is -2.39. The van der Waals surface area contributed by atoms with E-state index in [-0.39, 0.29) is 0 Å². The van der Waals surface area contributed by atoms with Gasteiger partial charge >= 0.3 is 0 Å². The minimum atomic E-state index is -1.27. The predicted molar refractivity (Wildman–Crippen MR) is 137 cm³/mol. The third-order valence-electron chi connectivity index (χ3n) is 6.47. The van der Waals surface area contributed by atoms with Crippen LogP contribution in [0.15, 0.2) is 91.0 Å². The summed E-state index contributed by atoms with van der Waals surface area (Å²) in [6.45, 7) is 2.94. The predicted octanol–water partition coefficient (Wildman–Crippen LogP) is 4.76. The summed E-state index contributed by atoms with van der Waals surface area (Å²) in [6, 6.07) is 29.8. The molecule has 0 amide bonds. The van der Waals surface area contributed by atoms with Gasteiger partial charge in [-0.05, 0) is 11.1 Å². The molecule has 0 N–H and O–H groups in total. The van der Waals surface area contributed by atoms with Gasteiger partial charge in [-0.2, -0.15) is 0 Å². The summed E-state index contributed by atoms with van der Waals surface area (Å²) in [5, 5.41) is 0. The van der Waals surface area contributed by atoms with Crippen molar-refractivity contribution in [3.63, 3.8) is 0 Å². The lowest BCUT2D eigenvalue weighted by Crippen LogP contribution is -2.64. The lowest BCUT2D eigenvalue weighted by Gasteiger charge is -2.49. The van der Waals surface area contributed by atoms with Crippen molar-refractivity contribution in [2.75, 3.05) is 12.4 Å². The molecule has 0 saturated carbocycles. The Kier molecular flexibility index (Phi) is 8.59. The number of ether oxygens (including phenoxy) is 5. The third kappa shape index (κ3) is 5.94. The zero-order valence-electron chi connectivity index (χ0n) is 20.3. The Morgan fingerprint density at radius 3 is 1.92 bits per heavy atom. The van der Waals surface area contributed by atoms with Gasteiger partial charge in [-0.3, -0.25) is 4.21 Å². The maximum Gasteiger partial charge on any atom is 0.184 e. The van der Waals surface area contributed by atoms with Gasteiger partial charge in [-0.15, -0.1) is 0 Å². The molecule has 0 spiro atoms. The molecule has 5 rings (SSSR count). The fraction of sp³-hybridized carbons (Fsp3) is 0.379. The quantitative estimate of drug-likeness (QED) is 0.415. The summed E-state index contributed by atoms with van der Waals surface area (Å²) >= 11 is 0. The van der Waals surface area contributed by atoms with Crippen molar-refractivity contribution < 1.29 is 27.9 Å². The largest absolute Gasteiger partial charge is 0.368 e. The van der Waals surface area contributed by atoms with Gasteiger partial charge in [0, 0.05) is 11.3 Å². The van der Waals surface area contributed by atoms with Gasteiger partial charge in [0.1, 0.15) is 24.4 Å². The van der Waals surface area contributed by atoms with Crippen LogP contribution in [-0.4, -0.2) is 46.4 Å². The van der Waals surface area contributed by atoms with Gasteiger partial charge in [0.2, 0.25) is 0 Å². The number of hydrogen-bond donors (Lipinski definition) is 0. The van der Waals surface area contributed by atoms with E-state index in [1.807, 2.05) is 97.9 Å². The molecule has 7 atom stereocenters.